The van der Waals surface area contributed by atoms with Gasteiger partial charge in [-0.2, -0.15) is 5.10 Å². The number of likely N-dealkylation sites (tertiary alicyclic amines) is 1. The second-order valence-electron chi connectivity index (χ2n) is 6.99. The van der Waals surface area contributed by atoms with Crippen LogP contribution in [0.2, 0.25) is 0 Å². The fourth-order valence-corrected chi connectivity index (χ4v) is 3.70. The van der Waals surface area contributed by atoms with Crippen LogP contribution in [0.4, 0.5) is 0 Å². The monoisotopic (exact) mass is 340 g/mol. The maximum Gasteiger partial charge on any atom is 0.274 e. The third-order valence-corrected chi connectivity index (χ3v) is 5.01. The van der Waals surface area contributed by atoms with Gasteiger partial charge in [-0.05, 0) is 24.5 Å². The van der Waals surface area contributed by atoms with Gasteiger partial charge in [0.25, 0.3) is 5.91 Å². The van der Waals surface area contributed by atoms with Crippen LogP contribution in [0.1, 0.15) is 34.6 Å². The number of aromatic nitrogens is 2. The zero-order valence-corrected chi connectivity index (χ0v) is 14.3. The molecule has 1 atom stereocenters. The molecular weight excluding hydrogens is 316 g/mol. The molecule has 1 fully saturated rings. The largest absolute Gasteiger partial charge is 0.391 e. The Morgan fingerprint density at radius 2 is 2.04 bits per heavy atom. The van der Waals surface area contributed by atoms with Crippen LogP contribution in [0.15, 0.2) is 36.4 Å². The van der Waals surface area contributed by atoms with Gasteiger partial charge in [-0.1, -0.05) is 30.3 Å². The van der Waals surface area contributed by atoms with Crippen LogP contribution in [-0.4, -0.2) is 56.3 Å². The van der Waals surface area contributed by atoms with Gasteiger partial charge in [-0.3, -0.25) is 14.4 Å². The van der Waals surface area contributed by atoms with Gasteiger partial charge in [0.15, 0.2) is 5.69 Å². The molecule has 3 heterocycles. The van der Waals surface area contributed by atoms with Crippen LogP contribution in [0, 0.1) is 0 Å². The van der Waals surface area contributed by atoms with Crippen molar-refractivity contribution in [2.45, 2.75) is 38.6 Å². The Labute approximate surface area is 147 Å². The van der Waals surface area contributed by atoms with Gasteiger partial charge in [0.2, 0.25) is 0 Å². The number of hydrogen-bond acceptors (Lipinski definition) is 4. The summed E-state index contributed by atoms with van der Waals surface area (Å²) in [6, 6.07) is 12.4. The molecule has 6 heteroatoms. The van der Waals surface area contributed by atoms with Gasteiger partial charge in [0, 0.05) is 39.3 Å². The third kappa shape index (κ3) is 3.60. The predicted octanol–water partition coefficient (Wildman–Crippen LogP) is 1.50. The van der Waals surface area contributed by atoms with Crippen molar-refractivity contribution in [1.82, 2.24) is 19.6 Å². The molecule has 1 aromatic carbocycles. The fraction of sp³-hybridized carbons (Fsp3) is 0.474. The number of amides is 1. The van der Waals surface area contributed by atoms with E-state index in [0.29, 0.717) is 25.2 Å². The van der Waals surface area contributed by atoms with Crippen LogP contribution >= 0.6 is 0 Å². The van der Waals surface area contributed by atoms with Crippen molar-refractivity contribution in [3.05, 3.63) is 53.3 Å². The molecule has 0 spiro atoms. The summed E-state index contributed by atoms with van der Waals surface area (Å²) in [5.74, 6) is -0.0632. The molecule has 4 rings (SSSR count). The van der Waals surface area contributed by atoms with E-state index < -0.39 is 6.10 Å². The number of aryl methyl sites for hydroxylation is 1. The molecule has 1 N–H and O–H groups in total. The van der Waals surface area contributed by atoms with Crippen LogP contribution < -0.4 is 0 Å². The molecule has 25 heavy (non-hydrogen) atoms. The maximum absolute atomic E-state index is 12.6. The zero-order chi connectivity index (χ0) is 17.2. The van der Waals surface area contributed by atoms with Crippen LogP contribution in [0.5, 0.6) is 0 Å². The van der Waals surface area contributed by atoms with Crippen molar-refractivity contribution in [2.75, 3.05) is 19.6 Å². The number of rotatable bonds is 3. The molecular formula is C19H24N4O2. The van der Waals surface area contributed by atoms with Crippen molar-refractivity contribution in [3.8, 4) is 0 Å². The number of fused-ring (bicyclic) bond motifs is 1. The van der Waals surface area contributed by atoms with E-state index in [4.69, 9.17) is 0 Å². The van der Waals surface area contributed by atoms with E-state index in [1.807, 2.05) is 16.8 Å². The van der Waals surface area contributed by atoms with Gasteiger partial charge in [0.1, 0.15) is 0 Å². The summed E-state index contributed by atoms with van der Waals surface area (Å²) in [5.41, 5.74) is 2.90. The Bertz CT molecular complexity index is 743. The lowest BCUT2D eigenvalue weighted by atomic mass is 10.2. The second-order valence-corrected chi connectivity index (χ2v) is 6.99. The van der Waals surface area contributed by atoms with Crippen LogP contribution in [-0.2, 0) is 19.6 Å². The first-order valence-electron chi connectivity index (χ1n) is 8.99. The van der Waals surface area contributed by atoms with E-state index in [0.717, 1.165) is 38.3 Å². The molecule has 132 valence electrons. The van der Waals surface area contributed by atoms with Gasteiger partial charge < -0.3 is 10.0 Å². The van der Waals surface area contributed by atoms with Crippen LogP contribution in [0.25, 0.3) is 0 Å². The second kappa shape index (κ2) is 6.98. The van der Waals surface area contributed by atoms with E-state index in [1.54, 1.807) is 4.90 Å². The Hall–Kier alpha value is -2.18. The first kappa shape index (κ1) is 16.3. The molecule has 0 aliphatic carbocycles. The highest BCUT2D eigenvalue weighted by Crippen LogP contribution is 2.19. The number of nitrogens with zero attached hydrogens (tertiary/aromatic N) is 4. The van der Waals surface area contributed by atoms with E-state index in [1.165, 1.54) is 5.56 Å². The molecule has 1 saturated heterocycles. The molecule has 0 saturated carbocycles. The normalized spacial score (nSPS) is 21.2. The molecule has 2 aliphatic rings. The molecule has 1 amide bonds. The van der Waals surface area contributed by atoms with Crippen molar-refractivity contribution >= 4 is 5.91 Å². The average Bonchev–Trinajstić information content (AvgIpc) is 3.17. The molecule has 2 aliphatic heterocycles. The Morgan fingerprint density at radius 1 is 1.20 bits per heavy atom. The quantitative estimate of drug-likeness (QED) is 0.920. The van der Waals surface area contributed by atoms with Gasteiger partial charge in [-0.25, -0.2) is 0 Å². The lowest BCUT2D eigenvalue weighted by Gasteiger charge is -2.19. The molecule has 0 radical (unpaired) electrons. The van der Waals surface area contributed by atoms with Crippen molar-refractivity contribution < 1.29 is 9.90 Å². The summed E-state index contributed by atoms with van der Waals surface area (Å²) in [6.45, 7) is 4.62. The highest BCUT2D eigenvalue weighted by Gasteiger charge is 2.28. The third-order valence-electron chi connectivity index (χ3n) is 5.01. The van der Waals surface area contributed by atoms with E-state index >= 15 is 0 Å². The number of carbonyl (C=O) groups is 1. The number of β-amino-alcohol motifs (C(OH)–C–C–N with tert-alkyl or cyclic N) is 1. The number of hydrogen-bond donors (Lipinski definition) is 1. The summed E-state index contributed by atoms with van der Waals surface area (Å²) in [6.07, 6.45) is 1.28. The molecule has 2 aromatic rings. The number of aliphatic hydroxyl groups is 1. The maximum atomic E-state index is 12.6. The lowest BCUT2D eigenvalue weighted by molar-refractivity contribution is 0.0758. The summed E-state index contributed by atoms with van der Waals surface area (Å²) in [4.78, 5) is 16.7. The van der Waals surface area contributed by atoms with E-state index in [9.17, 15) is 9.90 Å². The number of benzene rings is 1. The molecule has 0 bridgehead atoms. The highest BCUT2D eigenvalue weighted by atomic mass is 16.3. The summed E-state index contributed by atoms with van der Waals surface area (Å²) in [5, 5.41) is 14.2. The average molecular weight is 340 g/mol. The van der Waals surface area contributed by atoms with Crippen molar-refractivity contribution in [1.29, 1.82) is 0 Å². The van der Waals surface area contributed by atoms with E-state index in [-0.39, 0.29) is 5.91 Å². The predicted molar refractivity (Wildman–Crippen MR) is 93.9 cm³/mol. The number of carbonyl (C=O) groups excluding carboxylic acids is 1. The number of aliphatic hydroxyl groups excluding tert-OH is 1. The lowest BCUT2D eigenvalue weighted by Crippen LogP contribution is -2.30. The molecule has 1 unspecified atom stereocenters. The minimum atomic E-state index is -0.397. The highest BCUT2D eigenvalue weighted by molar-refractivity contribution is 5.92. The molecule has 6 nitrogen and oxygen atoms in total. The Kier molecular flexibility index (Phi) is 4.55. The standard InChI is InChI=1S/C19H24N4O2/c24-17-7-10-22(14-17)19(25)18-11-16-13-21(8-4-9-23(16)20-18)12-15-5-2-1-3-6-15/h1-3,5-6,11,17,24H,4,7-10,12-14H2. The minimum Gasteiger partial charge on any atom is -0.391 e. The summed E-state index contributed by atoms with van der Waals surface area (Å²) < 4.78 is 1.98. The minimum absolute atomic E-state index is 0.0632. The topological polar surface area (TPSA) is 61.6 Å². The van der Waals surface area contributed by atoms with Gasteiger partial charge in [0.05, 0.1) is 11.8 Å². The zero-order valence-electron chi connectivity index (χ0n) is 14.3. The summed E-state index contributed by atoms with van der Waals surface area (Å²) in [7, 11) is 0. The summed E-state index contributed by atoms with van der Waals surface area (Å²) >= 11 is 0. The van der Waals surface area contributed by atoms with Crippen molar-refractivity contribution in [2.24, 2.45) is 0 Å². The fourth-order valence-electron chi connectivity index (χ4n) is 3.70. The first-order chi connectivity index (χ1) is 12.2. The smallest absolute Gasteiger partial charge is 0.274 e. The molecule has 1 aromatic heterocycles. The Balaban J connectivity index is 1.48. The van der Waals surface area contributed by atoms with Crippen LogP contribution in [0.3, 0.4) is 0 Å². The Morgan fingerprint density at radius 3 is 2.80 bits per heavy atom. The SMILES string of the molecule is O=C(c1cc2n(n1)CCCN(Cc1ccccc1)C2)N1CCC(O)C1. The van der Waals surface area contributed by atoms with E-state index in [2.05, 4.69) is 34.3 Å². The van der Waals surface area contributed by atoms with Crippen molar-refractivity contribution in [3.63, 3.8) is 0 Å². The first-order valence-corrected chi connectivity index (χ1v) is 8.99. The van der Waals surface area contributed by atoms with Gasteiger partial charge >= 0.3 is 0 Å². The van der Waals surface area contributed by atoms with Gasteiger partial charge in [-0.15, -0.1) is 0 Å².